The Morgan fingerprint density at radius 1 is 0.864 bits per heavy atom. The zero-order valence-electron chi connectivity index (χ0n) is 24.6. The Labute approximate surface area is 263 Å². The van der Waals surface area contributed by atoms with Gasteiger partial charge in [0, 0.05) is 19.5 Å². The summed E-state index contributed by atoms with van der Waals surface area (Å²) in [6, 6.07) is 26.6. The normalized spacial score (nSPS) is 11.9. The lowest BCUT2D eigenvalue weighted by molar-refractivity contribution is -0.140. The predicted octanol–water partition coefficient (Wildman–Crippen LogP) is 6.15. The third-order valence-electron chi connectivity index (χ3n) is 7.10. The largest absolute Gasteiger partial charge is 0.354 e. The van der Waals surface area contributed by atoms with Crippen molar-refractivity contribution in [1.82, 2.24) is 10.2 Å². The summed E-state index contributed by atoms with van der Waals surface area (Å²) in [5.74, 6) is -1.45. The van der Waals surface area contributed by atoms with E-state index >= 15 is 0 Å². The van der Waals surface area contributed by atoms with Crippen LogP contribution in [0.5, 0.6) is 0 Å². The monoisotopic (exact) mass is 635 g/mol. The average Bonchev–Trinajstić information content (AvgIpc) is 3.02. The maximum Gasteiger partial charge on any atom is 0.264 e. The molecule has 0 saturated heterocycles. The molecule has 4 aromatic rings. The highest BCUT2D eigenvalue weighted by Crippen LogP contribution is 2.31. The van der Waals surface area contributed by atoms with Crippen LogP contribution in [0.2, 0.25) is 5.02 Å². The van der Waals surface area contributed by atoms with E-state index in [0.717, 1.165) is 15.4 Å². The van der Waals surface area contributed by atoms with Crippen molar-refractivity contribution in [1.29, 1.82) is 0 Å². The molecule has 0 radical (unpaired) electrons. The minimum absolute atomic E-state index is 0.0116. The van der Waals surface area contributed by atoms with E-state index in [1.807, 2.05) is 44.2 Å². The number of anilines is 1. The maximum absolute atomic E-state index is 14.4. The van der Waals surface area contributed by atoms with Gasteiger partial charge in [-0.1, -0.05) is 90.8 Å². The van der Waals surface area contributed by atoms with Crippen molar-refractivity contribution in [3.63, 3.8) is 0 Å². The van der Waals surface area contributed by atoms with Crippen molar-refractivity contribution in [3.05, 3.63) is 131 Å². The minimum atomic E-state index is -4.27. The van der Waals surface area contributed by atoms with Crippen molar-refractivity contribution in [2.24, 2.45) is 0 Å². The Morgan fingerprint density at radius 3 is 2.14 bits per heavy atom. The minimum Gasteiger partial charge on any atom is -0.354 e. The Kier molecular flexibility index (Phi) is 11.1. The number of benzene rings is 4. The van der Waals surface area contributed by atoms with Crippen LogP contribution in [0.4, 0.5) is 10.1 Å². The molecular weight excluding hydrogens is 601 g/mol. The third-order valence-corrected chi connectivity index (χ3v) is 9.19. The van der Waals surface area contributed by atoms with E-state index in [4.69, 9.17) is 11.6 Å². The van der Waals surface area contributed by atoms with Gasteiger partial charge in [-0.3, -0.25) is 13.9 Å². The molecule has 1 N–H and O–H groups in total. The van der Waals surface area contributed by atoms with E-state index < -0.39 is 34.3 Å². The van der Waals surface area contributed by atoms with Crippen LogP contribution in [0.1, 0.15) is 30.0 Å². The zero-order valence-corrected chi connectivity index (χ0v) is 26.2. The summed E-state index contributed by atoms with van der Waals surface area (Å²) < 4.78 is 42.9. The highest BCUT2D eigenvalue weighted by Gasteiger charge is 2.35. The van der Waals surface area contributed by atoms with Crippen LogP contribution in [-0.2, 0) is 32.6 Å². The molecule has 0 spiro atoms. The number of carbonyl (C=O) groups is 2. The molecule has 230 valence electrons. The van der Waals surface area contributed by atoms with Crippen LogP contribution >= 0.6 is 11.6 Å². The molecule has 0 fully saturated rings. The number of nitrogens with one attached hydrogen (secondary N) is 1. The molecular formula is C34H35ClFN3O4S. The smallest absolute Gasteiger partial charge is 0.264 e. The fourth-order valence-electron chi connectivity index (χ4n) is 4.71. The first kappa shape index (κ1) is 32.7. The second kappa shape index (κ2) is 15.0. The summed E-state index contributed by atoms with van der Waals surface area (Å²) in [7, 11) is -4.27. The number of rotatable bonds is 13. The molecule has 10 heteroatoms. The van der Waals surface area contributed by atoms with Crippen LogP contribution in [0.3, 0.4) is 0 Å². The van der Waals surface area contributed by atoms with Crippen LogP contribution in [0, 0.1) is 12.7 Å². The van der Waals surface area contributed by atoms with E-state index in [9.17, 15) is 22.4 Å². The molecule has 0 bridgehead atoms. The summed E-state index contributed by atoms with van der Waals surface area (Å²) in [4.78, 5) is 29.4. The Morgan fingerprint density at radius 2 is 1.50 bits per heavy atom. The van der Waals surface area contributed by atoms with Crippen molar-refractivity contribution in [3.8, 4) is 0 Å². The van der Waals surface area contributed by atoms with Crippen LogP contribution < -0.4 is 9.62 Å². The fraction of sp³-hybridized carbons (Fsp3) is 0.235. The number of carbonyl (C=O) groups excluding carboxylic acids is 2. The third kappa shape index (κ3) is 8.24. The van der Waals surface area contributed by atoms with Gasteiger partial charge in [0.2, 0.25) is 11.8 Å². The maximum atomic E-state index is 14.4. The summed E-state index contributed by atoms with van der Waals surface area (Å²) in [5, 5.41) is 3.03. The molecule has 4 aromatic carbocycles. The first-order valence-electron chi connectivity index (χ1n) is 14.3. The van der Waals surface area contributed by atoms with Gasteiger partial charge in [-0.05, 0) is 60.9 Å². The summed E-state index contributed by atoms with van der Waals surface area (Å²) >= 11 is 6.49. The van der Waals surface area contributed by atoms with Gasteiger partial charge < -0.3 is 10.2 Å². The number of hydrogen-bond acceptors (Lipinski definition) is 4. The number of hydrogen-bond donors (Lipinski definition) is 1. The first-order chi connectivity index (χ1) is 21.1. The average molecular weight is 636 g/mol. The van der Waals surface area contributed by atoms with Gasteiger partial charge in [-0.25, -0.2) is 12.8 Å². The van der Waals surface area contributed by atoms with Crippen LogP contribution in [0.15, 0.2) is 108 Å². The number of para-hydroxylation sites is 1. The number of amides is 2. The van der Waals surface area contributed by atoms with E-state index in [0.29, 0.717) is 18.5 Å². The molecule has 2 amide bonds. The molecule has 1 atom stereocenters. The van der Waals surface area contributed by atoms with Gasteiger partial charge in [-0.15, -0.1) is 0 Å². The van der Waals surface area contributed by atoms with Gasteiger partial charge in [-0.2, -0.15) is 0 Å². The molecule has 0 saturated carbocycles. The van der Waals surface area contributed by atoms with Gasteiger partial charge in [0.25, 0.3) is 10.0 Å². The standard InChI is InChI=1S/C34H35ClFN3O4S/c1-3-21-37-34(41)32(22-26-9-5-4-6-10-26)38(23-27-15-17-28(36)18-16-27)33(40)24-39(31-12-8-7-11-30(31)35)44(42,43)29-19-13-25(2)14-20-29/h4-20,32H,3,21-24H2,1-2H3,(H,37,41)/t32-/m1/s1. The van der Waals surface area contributed by atoms with Crippen molar-refractivity contribution < 1.29 is 22.4 Å². The van der Waals surface area contributed by atoms with Gasteiger partial charge in [0.15, 0.2) is 0 Å². The summed E-state index contributed by atoms with van der Waals surface area (Å²) in [6.45, 7) is 3.47. The second-order valence-corrected chi connectivity index (χ2v) is 12.7. The number of aryl methyl sites for hydroxylation is 1. The lowest BCUT2D eigenvalue weighted by Crippen LogP contribution is -2.53. The Hall–Kier alpha value is -4.21. The summed E-state index contributed by atoms with van der Waals surface area (Å²) in [6.07, 6.45) is 0.866. The first-order valence-corrected chi connectivity index (χ1v) is 16.1. The number of halogens is 2. The van der Waals surface area contributed by atoms with Gasteiger partial charge in [0.1, 0.15) is 18.4 Å². The van der Waals surface area contributed by atoms with Crippen molar-refractivity contribution in [2.75, 3.05) is 17.4 Å². The molecule has 0 aliphatic rings. The Bertz CT molecular complexity index is 1670. The Balaban J connectivity index is 1.80. The highest BCUT2D eigenvalue weighted by molar-refractivity contribution is 7.92. The second-order valence-electron chi connectivity index (χ2n) is 10.4. The lowest BCUT2D eigenvalue weighted by atomic mass is 10.0. The van der Waals surface area contributed by atoms with E-state index in [-0.39, 0.29) is 34.5 Å². The molecule has 0 aliphatic carbocycles. The molecule has 7 nitrogen and oxygen atoms in total. The lowest BCUT2D eigenvalue weighted by Gasteiger charge is -2.34. The highest BCUT2D eigenvalue weighted by atomic mass is 35.5. The topological polar surface area (TPSA) is 86.8 Å². The fourth-order valence-corrected chi connectivity index (χ4v) is 6.43. The van der Waals surface area contributed by atoms with Gasteiger partial charge >= 0.3 is 0 Å². The molecule has 0 aromatic heterocycles. The number of nitrogens with zero attached hydrogens (tertiary/aromatic N) is 2. The quantitative estimate of drug-likeness (QED) is 0.191. The SMILES string of the molecule is CCCNC(=O)[C@@H](Cc1ccccc1)N(Cc1ccc(F)cc1)C(=O)CN(c1ccccc1Cl)S(=O)(=O)c1ccc(C)cc1. The molecule has 4 rings (SSSR count). The zero-order chi connectivity index (χ0) is 31.7. The molecule has 44 heavy (non-hydrogen) atoms. The van der Waals surface area contributed by atoms with E-state index in [1.54, 1.807) is 30.3 Å². The predicted molar refractivity (Wildman–Crippen MR) is 171 cm³/mol. The summed E-state index contributed by atoms with van der Waals surface area (Å²) in [5.41, 5.74) is 2.39. The molecule has 0 unspecified atom stereocenters. The van der Waals surface area contributed by atoms with Crippen LogP contribution in [0.25, 0.3) is 0 Å². The van der Waals surface area contributed by atoms with Crippen molar-refractivity contribution in [2.45, 2.75) is 44.2 Å². The van der Waals surface area contributed by atoms with E-state index in [1.165, 1.54) is 47.4 Å². The van der Waals surface area contributed by atoms with E-state index in [2.05, 4.69) is 5.32 Å². The molecule has 0 aliphatic heterocycles. The number of sulfonamides is 1. The van der Waals surface area contributed by atoms with Gasteiger partial charge in [0.05, 0.1) is 15.6 Å². The van der Waals surface area contributed by atoms with Crippen molar-refractivity contribution >= 4 is 39.1 Å². The van der Waals surface area contributed by atoms with Crippen LogP contribution in [-0.4, -0.2) is 44.3 Å². The molecule has 0 heterocycles.